The molecule has 8 nitrogen and oxygen atoms in total. The Hall–Kier alpha value is -4.04. The average Bonchev–Trinajstić information content (AvgIpc) is 2.93. The second-order valence-electron chi connectivity index (χ2n) is 8.50. The van der Waals surface area contributed by atoms with Crippen molar-refractivity contribution in [1.29, 1.82) is 0 Å². The van der Waals surface area contributed by atoms with Gasteiger partial charge in [-0.2, -0.15) is 9.97 Å². The van der Waals surface area contributed by atoms with E-state index in [2.05, 4.69) is 11.0 Å². The first-order valence-electron chi connectivity index (χ1n) is 11.9. The second kappa shape index (κ2) is 10.7. The second-order valence-corrected chi connectivity index (χ2v) is 8.50. The number of rotatable bonds is 8. The van der Waals surface area contributed by atoms with Gasteiger partial charge in [-0.25, -0.2) is 0 Å². The van der Waals surface area contributed by atoms with Gasteiger partial charge in [-0.15, -0.1) is 0 Å². The first-order chi connectivity index (χ1) is 17.6. The van der Waals surface area contributed by atoms with E-state index in [1.54, 1.807) is 26.4 Å². The van der Waals surface area contributed by atoms with Crippen LogP contribution in [-0.2, 0) is 11.2 Å². The van der Waals surface area contributed by atoms with E-state index < -0.39 is 0 Å². The summed E-state index contributed by atoms with van der Waals surface area (Å²) in [5.41, 5.74) is 3.93. The zero-order chi connectivity index (χ0) is 24.9. The van der Waals surface area contributed by atoms with E-state index >= 15 is 0 Å². The van der Waals surface area contributed by atoms with Gasteiger partial charge in [0.15, 0.2) is 11.5 Å². The van der Waals surface area contributed by atoms with Crippen LogP contribution in [0.1, 0.15) is 5.56 Å². The number of phenols is 1. The van der Waals surface area contributed by atoms with Gasteiger partial charge >= 0.3 is 6.01 Å². The summed E-state index contributed by atoms with van der Waals surface area (Å²) in [5, 5.41) is 10.6. The normalized spacial score (nSPS) is 13.6. The molecule has 8 heteroatoms. The number of nitrogens with zero attached hydrogens (tertiary/aromatic N) is 3. The SMILES string of the molecule is COc1ccc(CCOc2nc(N3CCOCC3)c3cc(-c4ccc(O)cc4)ccc3n2)cc1OC. The van der Waals surface area contributed by atoms with Crippen LogP contribution in [-0.4, -0.2) is 62.2 Å². The van der Waals surface area contributed by atoms with Crippen LogP contribution >= 0.6 is 0 Å². The zero-order valence-corrected chi connectivity index (χ0v) is 20.4. The monoisotopic (exact) mass is 487 g/mol. The minimum Gasteiger partial charge on any atom is -0.508 e. The first-order valence-corrected chi connectivity index (χ1v) is 11.9. The Morgan fingerprint density at radius 1 is 0.861 bits per heavy atom. The van der Waals surface area contributed by atoms with Crippen molar-refractivity contribution in [3.8, 4) is 34.4 Å². The molecule has 1 fully saturated rings. The largest absolute Gasteiger partial charge is 0.508 e. The van der Waals surface area contributed by atoms with Crippen molar-refractivity contribution in [1.82, 2.24) is 9.97 Å². The Morgan fingerprint density at radius 2 is 1.61 bits per heavy atom. The van der Waals surface area contributed by atoms with Crippen LogP contribution in [0.15, 0.2) is 60.7 Å². The van der Waals surface area contributed by atoms with Gasteiger partial charge in [0.05, 0.1) is 39.6 Å². The van der Waals surface area contributed by atoms with Gasteiger partial charge in [0.1, 0.15) is 11.6 Å². The van der Waals surface area contributed by atoms with Crippen LogP contribution in [0.3, 0.4) is 0 Å². The van der Waals surface area contributed by atoms with Gasteiger partial charge < -0.3 is 29.0 Å². The van der Waals surface area contributed by atoms with Gasteiger partial charge in [0.25, 0.3) is 0 Å². The lowest BCUT2D eigenvalue weighted by Gasteiger charge is -2.29. The number of morpholine rings is 1. The minimum atomic E-state index is 0.242. The number of anilines is 1. The number of phenolic OH excluding ortho intramolecular Hbond substituents is 1. The van der Waals surface area contributed by atoms with Crippen molar-refractivity contribution in [2.24, 2.45) is 0 Å². The average molecular weight is 488 g/mol. The Kier molecular flexibility index (Phi) is 7.04. The molecule has 1 aliphatic heterocycles. The molecule has 0 amide bonds. The predicted octanol–water partition coefficient (Wildman–Crippen LogP) is 4.48. The summed E-state index contributed by atoms with van der Waals surface area (Å²) in [6.07, 6.45) is 0.675. The molecule has 4 aromatic rings. The van der Waals surface area contributed by atoms with Crippen molar-refractivity contribution in [2.75, 3.05) is 52.0 Å². The Labute approximate surface area is 210 Å². The number of benzene rings is 3. The fourth-order valence-electron chi connectivity index (χ4n) is 4.30. The molecule has 1 saturated heterocycles. The van der Waals surface area contributed by atoms with Crippen molar-refractivity contribution < 1.29 is 24.1 Å². The van der Waals surface area contributed by atoms with Crippen molar-refractivity contribution in [3.63, 3.8) is 0 Å². The highest BCUT2D eigenvalue weighted by Crippen LogP contribution is 2.32. The molecule has 1 aliphatic rings. The maximum atomic E-state index is 9.65. The van der Waals surface area contributed by atoms with Gasteiger partial charge in [0, 0.05) is 24.9 Å². The third-order valence-corrected chi connectivity index (χ3v) is 6.24. The third kappa shape index (κ3) is 5.13. The molecule has 0 spiro atoms. The van der Waals surface area contributed by atoms with Crippen LogP contribution in [0.5, 0.6) is 23.3 Å². The van der Waals surface area contributed by atoms with E-state index in [0.29, 0.717) is 43.8 Å². The summed E-state index contributed by atoms with van der Waals surface area (Å²) in [5.74, 6) is 2.47. The maximum Gasteiger partial charge on any atom is 0.318 e. The molecule has 0 radical (unpaired) electrons. The highest BCUT2D eigenvalue weighted by molar-refractivity contribution is 5.93. The highest BCUT2D eigenvalue weighted by Gasteiger charge is 2.19. The number of aromatic hydroxyl groups is 1. The van der Waals surface area contributed by atoms with Crippen molar-refractivity contribution in [3.05, 3.63) is 66.2 Å². The van der Waals surface area contributed by atoms with Gasteiger partial charge in [0.2, 0.25) is 0 Å². The number of fused-ring (bicyclic) bond motifs is 1. The molecule has 0 unspecified atom stereocenters. The lowest BCUT2D eigenvalue weighted by atomic mass is 10.0. The molecular formula is C28H29N3O5. The van der Waals surface area contributed by atoms with E-state index in [1.165, 1.54) is 0 Å². The molecule has 0 bridgehead atoms. The highest BCUT2D eigenvalue weighted by atomic mass is 16.5. The zero-order valence-electron chi connectivity index (χ0n) is 20.4. The molecule has 0 atom stereocenters. The summed E-state index contributed by atoms with van der Waals surface area (Å²) >= 11 is 0. The summed E-state index contributed by atoms with van der Waals surface area (Å²) in [4.78, 5) is 11.7. The van der Waals surface area contributed by atoms with Gasteiger partial charge in [-0.05, 0) is 53.1 Å². The van der Waals surface area contributed by atoms with Crippen LogP contribution in [0.25, 0.3) is 22.0 Å². The number of hydrogen-bond donors (Lipinski definition) is 1. The predicted molar refractivity (Wildman–Crippen MR) is 138 cm³/mol. The fraction of sp³-hybridized carbons (Fsp3) is 0.286. The Morgan fingerprint density at radius 3 is 2.36 bits per heavy atom. The van der Waals surface area contributed by atoms with E-state index in [-0.39, 0.29) is 5.75 Å². The topological polar surface area (TPSA) is 86.2 Å². The fourth-order valence-corrected chi connectivity index (χ4v) is 4.30. The van der Waals surface area contributed by atoms with Crippen LogP contribution in [0, 0.1) is 0 Å². The van der Waals surface area contributed by atoms with Crippen LogP contribution in [0.2, 0.25) is 0 Å². The third-order valence-electron chi connectivity index (χ3n) is 6.24. The van der Waals surface area contributed by atoms with Crippen LogP contribution in [0.4, 0.5) is 5.82 Å². The van der Waals surface area contributed by atoms with E-state index in [9.17, 15) is 5.11 Å². The molecule has 1 aromatic heterocycles. The smallest absolute Gasteiger partial charge is 0.318 e. The molecule has 5 rings (SSSR count). The summed E-state index contributed by atoms with van der Waals surface area (Å²) < 4.78 is 22.3. The summed E-state index contributed by atoms with van der Waals surface area (Å²) in [6.45, 7) is 3.23. The molecular weight excluding hydrogens is 458 g/mol. The number of aromatic nitrogens is 2. The first kappa shape index (κ1) is 23.7. The molecule has 3 aromatic carbocycles. The van der Waals surface area contributed by atoms with Gasteiger partial charge in [-0.1, -0.05) is 24.3 Å². The lowest BCUT2D eigenvalue weighted by molar-refractivity contribution is 0.122. The Bertz CT molecular complexity index is 1340. The van der Waals surface area contributed by atoms with E-state index in [1.807, 2.05) is 42.5 Å². The van der Waals surface area contributed by atoms with E-state index in [0.717, 1.165) is 46.5 Å². The molecule has 186 valence electrons. The molecule has 1 N–H and O–H groups in total. The van der Waals surface area contributed by atoms with Crippen molar-refractivity contribution >= 4 is 16.7 Å². The van der Waals surface area contributed by atoms with Crippen LogP contribution < -0.4 is 19.1 Å². The molecule has 0 aliphatic carbocycles. The quantitative estimate of drug-likeness (QED) is 0.389. The minimum absolute atomic E-state index is 0.242. The summed E-state index contributed by atoms with van der Waals surface area (Å²) in [6, 6.07) is 19.5. The number of methoxy groups -OCH3 is 2. The van der Waals surface area contributed by atoms with E-state index in [4.69, 9.17) is 28.9 Å². The molecule has 2 heterocycles. The van der Waals surface area contributed by atoms with Crippen molar-refractivity contribution in [2.45, 2.75) is 6.42 Å². The van der Waals surface area contributed by atoms with Gasteiger partial charge in [-0.3, -0.25) is 0 Å². The molecule has 36 heavy (non-hydrogen) atoms. The lowest BCUT2D eigenvalue weighted by Crippen LogP contribution is -2.37. The number of ether oxygens (including phenoxy) is 4. The summed E-state index contributed by atoms with van der Waals surface area (Å²) in [7, 11) is 3.25. The maximum absolute atomic E-state index is 9.65. The number of hydrogen-bond acceptors (Lipinski definition) is 8. The molecule has 0 saturated carbocycles. The standard InChI is InChI=1S/C28H29N3O5/c1-33-25-10-3-19(17-26(25)34-2)11-14-36-28-29-24-9-6-21(20-4-7-22(32)8-5-20)18-23(24)27(30-28)31-12-15-35-16-13-31/h3-10,17-18,32H,11-16H2,1-2H3. The Balaban J connectivity index is 1.42.